The van der Waals surface area contributed by atoms with E-state index < -0.39 is 10.5 Å². The van der Waals surface area contributed by atoms with E-state index in [0.29, 0.717) is 12.5 Å². The fraction of sp³-hybridized carbons (Fsp3) is 0.667. The second kappa shape index (κ2) is 6.47. The minimum atomic E-state index is -0.562. The van der Waals surface area contributed by atoms with Crippen LogP contribution in [0.2, 0.25) is 0 Å². The summed E-state index contributed by atoms with van der Waals surface area (Å²) in [5.41, 5.74) is 5.03. The molecule has 0 amide bonds. The van der Waals surface area contributed by atoms with E-state index in [-0.39, 0.29) is 17.4 Å². The average molecular weight is 283 g/mol. The van der Waals surface area contributed by atoms with Crippen LogP contribution >= 0.6 is 0 Å². The van der Waals surface area contributed by atoms with Crippen molar-refractivity contribution in [3.63, 3.8) is 0 Å². The van der Waals surface area contributed by atoms with Crippen molar-refractivity contribution in [3.8, 4) is 5.88 Å². The van der Waals surface area contributed by atoms with Gasteiger partial charge < -0.3 is 15.8 Å². The second-order valence-electron chi connectivity index (χ2n) is 5.33. The molecule has 1 heterocycles. The van der Waals surface area contributed by atoms with Gasteiger partial charge in [0, 0.05) is 12.1 Å². The van der Waals surface area contributed by atoms with E-state index in [2.05, 4.69) is 29.1 Å². The van der Waals surface area contributed by atoms with Crippen LogP contribution in [0.5, 0.6) is 5.88 Å². The van der Waals surface area contributed by atoms with Gasteiger partial charge in [-0.3, -0.25) is 10.1 Å². The van der Waals surface area contributed by atoms with Gasteiger partial charge in [0.1, 0.15) is 6.33 Å². The van der Waals surface area contributed by atoms with Gasteiger partial charge in [-0.1, -0.05) is 13.8 Å². The molecule has 0 radical (unpaired) electrons. The molecule has 1 aromatic heterocycles. The highest BCUT2D eigenvalue weighted by Crippen LogP contribution is 2.33. The first kappa shape index (κ1) is 16.1. The summed E-state index contributed by atoms with van der Waals surface area (Å²) in [5, 5.41) is 14.2. The lowest BCUT2D eigenvalue weighted by Gasteiger charge is -2.31. The van der Waals surface area contributed by atoms with Crippen molar-refractivity contribution in [2.24, 2.45) is 11.7 Å². The minimum absolute atomic E-state index is 0.0728. The molecule has 112 valence electrons. The summed E-state index contributed by atoms with van der Waals surface area (Å²) in [4.78, 5) is 18.3. The molecular weight excluding hydrogens is 262 g/mol. The largest absolute Gasteiger partial charge is 0.476 e. The maximum Gasteiger partial charge on any atom is 0.372 e. The molecule has 0 aliphatic carbocycles. The number of aromatic nitrogens is 2. The maximum atomic E-state index is 11.2. The monoisotopic (exact) mass is 283 g/mol. The summed E-state index contributed by atoms with van der Waals surface area (Å²) >= 11 is 0. The smallest absolute Gasteiger partial charge is 0.372 e. The SMILES string of the molecule is COc1ncnc(NC(C)(CN)CC(C)C)c1[N+](=O)[O-]. The van der Waals surface area contributed by atoms with Gasteiger partial charge in [0.25, 0.3) is 5.88 Å². The van der Waals surface area contributed by atoms with Crippen LogP contribution in [0.1, 0.15) is 27.2 Å². The Morgan fingerprint density at radius 3 is 2.65 bits per heavy atom. The quantitative estimate of drug-likeness (QED) is 0.576. The zero-order chi connectivity index (χ0) is 15.3. The normalized spacial score (nSPS) is 13.9. The highest BCUT2D eigenvalue weighted by atomic mass is 16.6. The Bertz CT molecular complexity index is 480. The number of rotatable bonds is 7. The summed E-state index contributed by atoms with van der Waals surface area (Å²) in [5.74, 6) is 0.436. The molecule has 0 spiro atoms. The summed E-state index contributed by atoms with van der Waals surface area (Å²) in [6.45, 7) is 6.36. The lowest BCUT2D eigenvalue weighted by molar-refractivity contribution is -0.385. The van der Waals surface area contributed by atoms with Gasteiger partial charge in [-0.05, 0) is 19.3 Å². The van der Waals surface area contributed by atoms with Gasteiger partial charge in [0.05, 0.1) is 12.0 Å². The molecule has 0 aliphatic heterocycles. The number of nitrogens with one attached hydrogen (secondary N) is 1. The van der Waals surface area contributed by atoms with Crippen molar-refractivity contribution in [2.75, 3.05) is 19.0 Å². The third kappa shape index (κ3) is 3.77. The highest BCUT2D eigenvalue weighted by molar-refractivity contribution is 5.62. The Hall–Kier alpha value is -1.96. The molecule has 0 saturated carbocycles. The first-order valence-electron chi connectivity index (χ1n) is 6.34. The van der Waals surface area contributed by atoms with E-state index >= 15 is 0 Å². The van der Waals surface area contributed by atoms with Crippen LogP contribution < -0.4 is 15.8 Å². The number of hydrogen-bond donors (Lipinski definition) is 2. The number of anilines is 1. The molecule has 0 saturated heterocycles. The van der Waals surface area contributed by atoms with E-state index in [9.17, 15) is 10.1 Å². The van der Waals surface area contributed by atoms with Crippen LogP contribution in [-0.2, 0) is 0 Å². The van der Waals surface area contributed by atoms with Gasteiger partial charge in [0.2, 0.25) is 5.82 Å². The molecule has 8 nitrogen and oxygen atoms in total. The van der Waals surface area contributed by atoms with E-state index in [1.165, 1.54) is 13.4 Å². The third-order valence-corrected chi connectivity index (χ3v) is 2.89. The van der Waals surface area contributed by atoms with Crippen molar-refractivity contribution >= 4 is 11.5 Å². The number of nitrogens with zero attached hydrogens (tertiary/aromatic N) is 3. The predicted octanol–water partition coefficient (Wildman–Crippen LogP) is 1.57. The fourth-order valence-electron chi connectivity index (χ4n) is 2.14. The topological polar surface area (TPSA) is 116 Å². The van der Waals surface area contributed by atoms with Gasteiger partial charge in [-0.2, -0.15) is 4.98 Å². The van der Waals surface area contributed by atoms with Crippen LogP contribution in [0, 0.1) is 16.0 Å². The maximum absolute atomic E-state index is 11.2. The summed E-state index contributed by atoms with van der Waals surface area (Å²) in [6, 6.07) is 0. The Morgan fingerprint density at radius 2 is 2.20 bits per heavy atom. The summed E-state index contributed by atoms with van der Waals surface area (Å²) in [7, 11) is 1.33. The number of nitro groups is 1. The Balaban J connectivity index is 3.16. The van der Waals surface area contributed by atoms with E-state index in [1.54, 1.807) is 0 Å². The van der Waals surface area contributed by atoms with E-state index in [4.69, 9.17) is 10.5 Å². The molecule has 0 aromatic carbocycles. The first-order valence-corrected chi connectivity index (χ1v) is 6.34. The van der Waals surface area contributed by atoms with E-state index in [0.717, 1.165) is 6.42 Å². The van der Waals surface area contributed by atoms with Crippen molar-refractivity contribution in [1.82, 2.24) is 9.97 Å². The van der Waals surface area contributed by atoms with Crippen molar-refractivity contribution < 1.29 is 9.66 Å². The van der Waals surface area contributed by atoms with Gasteiger partial charge >= 0.3 is 5.69 Å². The molecule has 0 aliphatic rings. The predicted molar refractivity (Wildman–Crippen MR) is 75.8 cm³/mol. The van der Waals surface area contributed by atoms with Gasteiger partial charge in [-0.15, -0.1) is 0 Å². The lowest BCUT2D eigenvalue weighted by Crippen LogP contribution is -2.44. The van der Waals surface area contributed by atoms with Gasteiger partial charge in [-0.25, -0.2) is 4.98 Å². The molecule has 8 heteroatoms. The summed E-state index contributed by atoms with van der Waals surface area (Å²) < 4.78 is 4.91. The summed E-state index contributed by atoms with van der Waals surface area (Å²) in [6.07, 6.45) is 1.98. The first-order chi connectivity index (χ1) is 9.33. The molecule has 1 rings (SSSR count). The van der Waals surface area contributed by atoms with Crippen LogP contribution in [0.15, 0.2) is 6.33 Å². The number of hydrogen-bond acceptors (Lipinski definition) is 7. The van der Waals surface area contributed by atoms with Crippen molar-refractivity contribution in [3.05, 3.63) is 16.4 Å². The molecule has 0 fully saturated rings. The molecule has 1 unspecified atom stereocenters. The standard InChI is InChI=1S/C12H21N5O3/c1-8(2)5-12(3,6-13)16-10-9(17(18)19)11(20-4)15-7-14-10/h7-8H,5-6,13H2,1-4H3,(H,14,15,16). The number of ether oxygens (including phenoxy) is 1. The zero-order valence-corrected chi connectivity index (χ0v) is 12.2. The Labute approximate surface area is 117 Å². The molecule has 3 N–H and O–H groups in total. The molecular formula is C12H21N5O3. The highest BCUT2D eigenvalue weighted by Gasteiger charge is 2.30. The van der Waals surface area contributed by atoms with Crippen molar-refractivity contribution in [1.29, 1.82) is 0 Å². The molecule has 1 atom stereocenters. The Kier molecular flexibility index (Phi) is 5.20. The molecule has 0 bridgehead atoms. The zero-order valence-electron chi connectivity index (χ0n) is 12.2. The number of nitrogens with two attached hydrogens (primary N) is 1. The number of methoxy groups -OCH3 is 1. The van der Waals surface area contributed by atoms with Crippen molar-refractivity contribution in [2.45, 2.75) is 32.7 Å². The Morgan fingerprint density at radius 1 is 1.55 bits per heavy atom. The van der Waals surface area contributed by atoms with Crippen LogP contribution in [0.3, 0.4) is 0 Å². The third-order valence-electron chi connectivity index (χ3n) is 2.89. The van der Waals surface area contributed by atoms with Crippen LogP contribution in [0.4, 0.5) is 11.5 Å². The minimum Gasteiger partial charge on any atom is -0.476 e. The van der Waals surface area contributed by atoms with E-state index in [1.807, 2.05) is 6.92 Å². The fourth-order valence-corrected chi connectivity index (χ4v) is 2.14. The second-order valence-corrected chi connectivity index (χ2v) is 5.33. The molecule has 20 heavy (non-hydrogen) atoms. The average Bonchev–Trinajstić information content (AvgIpc) is 2.37. The van der Waals surface area contributed by atoms with Crippen LogP contribution in [-0.4, -0.2) is 34.1 Å². The van der Waals surface area contributed by atoms with Crippen LogP contribution in [0.25, 0.3) is 0 Å². The van der Waals surface area contributed by atoms with Gasteiger partial charge in [0.15, 0.2) is 0 Å². The lowest BCUT2D eigenvalue weighted by atomic mass is 9.91. The molecule has 1 aromatic rings.